The quantitative estimate of drug-likeness (QED) is 0.548. The number of carbonyl (C=O) groups is 3. The minimum atomic E-state index is -0.716. The topological polar surface area (TPSA) is 99.3 Å². The normalized spacial score (nSPS) is 11.3. The average Bonchev–Trinajstić information content (AvgIpc) is 2.73. The Morgan fingerprint density at radius 3 is 2.24 bits per heavy atom. The molecule has 0 aliphatic carbocycles. The molecule has 2 aromatic rings. The molecule has 8 heteroatoms. The molecule has 4 amide bonds. The van der Waals surface area contributed by atoms with Gasteiger partial charge >= 0.3 is 6.03 Å². The van der Waals surface area contributed by atoms with Crippen LogP contribution in [0.4, 0.5) is 14.9 Å². The minimum Gasteiger partial charge on any atom is -0.355 e. The van der Waals surface area contributed by atoms with Crippen molar-refractivity contribution in [2.45, 2.75) is 32.4 Å². The van der Waals surface area contributed by atoms with E-state index in [-0.39, 0.29) is 24.2 Å². The van der Waals surface area contributed by atoms with E-state index >= 15 is 0 Å². The molecule has 0 aromatic heterocycles. The van der Waals surface area contributed by atoms with Crippen molar-refractivity contribution in [3.63, 3.8) is 0 Å². The monoisotopic (exact) mass is 400 g/mol. The lowest BCUT2D eigenvalue weighted by Crippen LogP contribution is -2.47. The molecule has 2 aromatic carbocycles. The van der Waals surface area contributed by atoms with Crippen molar-refractivity contribution in [3.05, 3.63) is 65.5 Å². The number of anilines is 1. The third-order valence-electron chi connectivity index (χ3n) is 4.21. The first-order valence-corrected chi connectivity index (χ1v) is 9.34. The van der Waals surface area contributed by atoms with Crippen LogP contribution in [0.2, 0.25) is 0 Å². The minimum absolute atomic E-state index is 0.216. The summed E-state index contributed by atoms with van der Waals surface area (Å²) in [5.41, 5.74) is 1.75. The largest absolute Gasteiger partial charge is 0.355 e. The second-order valence-corrected chi connectivity index (χ2v) is 6.44. The highest BCUT2D eigenvalue weighted by Crippen LogP contribution is 2.11. The van der Waals surface area contributed by atoms with Crippen molar-refractivity contribution >= 4 is 23.5 Å². The molecule has 0 spiro atoms. The number of hydrogen-bond acceptors (Lipinski definition) is 3. The summed E-state index contributed by atoms with van der Waals surface area (Å²) in [5.74, 6) is -0.913. The number of amides is 4. The van der Waals surface area contributed by atoms with Gasteiger partial charge < -0.3 is 21.3 Å². The molecule has 0 aliphatic rings. The summed E-state index contributed by atoms with van der Waals surface area (Å²) < 4.78 is 12.9. The standard InChI is InChI=1S/C21H25FN4O3/c1-3-4-18(26-21(29)24-13-14-5-9-16(22)10-6-14)20(28)25-17-11-7-15(8-12-17)19(27)23-2/h5-12,18H,3-4,13H2,1-2H3,(H,23,27)(H,25,28)(H2,24,26,29)/t18-/m1/s1. The smallest absolute Gasteiger partial charge is 0.315 e. The lowest BCUT2D eigenvalue weighted by atomic mass is 10.1. The summed E-state index contributed by atoms with van der Waals surface area (Å²) in [6, 6.07) is 11.0. The molecule has 0 aliphatic heterocycles. The van der Waals surface area contributed by atoms with E-state index in [9.17, 15) is 18.8 Å². The molecule has 0 radical (unpaired) electrons. The van der Waals surface area contributed by atoms with Crippen LogP contribution in [0.3, 0.4) is 0 Å². The van der Waals surface area contributed by atoms with Gasteiger partial charge in [0.2, 0.25) is 5.91 Å². The number of hydrogen-bond donors (Lipinski definition) is 4. The molecule has 0 unspecified atom stereocenters. The zero-order valence-corrected chi connectivity index (χ0v) is 16.4. The van der Waals surface area contributed by atoms with E-state index in [1.54, 1.807) is 43.4 Å². The highest BCUT2D eigenvalue weighted by atomic mass is 19.1. The second-order valence-electron chi connectivity index (χ2n) is 6.44. The fourth-order valence-electron chi connectivity index (χ4n) is 2.63. The Morgan fingerprint density at radius 1 is 1.00 bits per heavy atom. The maximum absolute atomic E-state index is 12.9. The number of halogens is 1. The van der Waals surface area contributed by atoms with Gasteiger partial charge in [0.1, 0.15) is 11.9 Å². The van der Waals surface area contributed by atoms with Gasteiger partial charge in [-0.25, -0.2) is 9.18 Å². The lowest BCUT2D eigenvalue weighted by Gasteiger charge is -2.18. The van der Waals surface area contributed by atoms with Gasteiger partial charge in [-0.05, 0) is 48.4 Å². The van der Waals surface area contributed by atoms with Crippen LogP contribution in [0.5, 0.6) is 0 Å². The number of urea groups is 1. The SMILES string of the molecule is CCC[C@@H](NC(=O)NCc1ccc(F)cc1)C(=O)Nc1ccc(C(=O)NC)cc1. The van der Waals surface area contributed by atoms with Crippen LogP contribution in [-0.2, 0) is 11.3 Å². The Bertz CT molecular complexity index is 838. The highest BCUT2D eigenvalue weighted by Gasteiger charge is 2.20. The summed E-state index contributed by atoms with van der Waals surface area (Å²) in [7, 11) is 1.54. The predicted molar refractivity (Wildman–Crippen MR) is 109 cm³/mol. The van der Waals surface area contributed by atoms with Gasteiger partial charge in [-0.3, -0.25) is 9.59 Å². The third-order valence-corrected chi connectivity index (χ3v) is 4.21. The number of carbonyl (C=O) groups excluding carboxylic acids is 3. The zero-order valence-electron chi connectivity index (χ0n) is 16.4. The van der Waals surface area contributed by atoms with E-state index in [1.807, 2.05) is 6.92 Å². The van der Waals surface area contributed by atoms with Gasteiger partial charge in [0.05, 0.1) is 0 Å². The lowest BCUT2D eigenvalue weighted by molar-refractivity contribution is -0.118. The molecular weight excluding hydrogens is 375 g/mol. The zero-order chi connectivity index (χ0) is 21.2. The Balaban J connectivity index is 1.91. The Morgan fingerprint density at radius 2 is 1.66 bits per heavy atom. The van der Waals surface area contributed by atoms with Crippen molar-refractivity contribution in [2.75, 3.05) is 12.4 Å². The van der Waals surface area contributed by atoms with Crippen molar-refractivity contribution in [3.8, 4) is 0 Å². The van der Waals surface area contributed by atoms with E-state index in [2.05, 4.69) is 21.3 Å². The van der Waals surface area contributed by atoms with Crippen LogP contribution in [0, 0.1) is 5.82 Å². The van der Waals surface area contributed by atoms with Gasteiger partial charge in [0.15, 0.2) is 0 Å². The van der Waals surface area contributed by atoms with Gasteiger partial charge in [-0.2, -0.15) is 0 Å². The molecule has 2 rings (SSSR count). The average molecular weight is 400 g/mol. The third kappa shape index (κ3) is 6.91. The van der Waals surface area contributed by atoms with E-state index in [4.69, 9.17) is 0 Å². The first-order valence-electron chi connectivity index (χ1n) is 9.34. The summed E-state index contributed by atoms with van der Waals surface area (Å²) in [4.78, 5) is 36.3. The molecule has 0 fully saturated rings. The first-order chi connectivity index (χ1) is 13.9. The molecule has 0 saturated heterocycles. The number of rotatable bonds is 8. The molecule has 7 nitrogen and oxygen atoms in total. The molecule has 0 saturated carbocycles. The summed E-state index contributed by atoms with van der Waals surface area (Å²) >= 11 is 0. The second kappa shape index (κ2) is 10.8. The fourth-order valence-corrected chi connectivity index (χ4v) is 2.63. The summed E-state index contributed by atoms with van der Waals surface area (Å²) in [6.45, 7) is 2.13. The molecule has 29 heavy (non-hydrogen) atoms. The van der Waals surface area contributed by atoms with Crippen molar-refractivity contribution in [1.29, 1.82) is 0 Å². The Hall–Kier alpha value is -3.42. The van der Waals surface area contributed by atoms with E-state index in [0.29, 0.717) is 24.1 Å². The van der Waals surface area contributed by atoms with Gasteiger partial charge in [0, 0.05) is 24.8 Å². The van der Waals surface area contributed by atoms with E-state index in [1.165, 1.54) is 12.1 Å². The molecule has 1 atom stereocenters. The van der Waals surface area contributed by atoms with E-state index < -0.39 is 12.1 Å². The van der Waals surface area contributed by atoms with Gasteiger partial charge in [-0.15, -0.1) is 0 Å². The molecule has 4 N–H and O–H groups in total. The summed E-state index contributed by atoms with van der Waals surface area (Å²) in [5, 5.41) is 10.6. The molecule has 0 heterocycles. The summed E-state index contributed by atoms with van der Waals surface area (Å²) in [6.07, 6.45) is 1.16. The van der Waals surface area contributed by atoms with Crippen LogP contribution in [-0.4, -0.2) is 30.9 Å². The van der Waals surface area contributed by atoms with Crippen molar-refractivity contribution in [2.24, 2.45) is 0 Å². The van der Waals surface area contributed by atoms with Crippen molar-refractivity contribution < 1.29 is 18.8 Å². The van der Waals surface area contributed by atoms with Crippen LogP contribution in [0.1, 0.15) is 35.7 Å². The van der Waals surface area contributed by atoms with Gasteiger partial charge in [-0.1, -0.05) is 25.5 Å². The van der Waals surface area contributed by atoms with Crippen molar-refractivity contribution in [1.82, 2.24) is 16.0 Å². The fraction of sp³-hybridized carbons (Fsp3) is 0.286. The number of benzene rings is 2. The maximum Gasteiger partial charge on any atom is 0.315 e. The van der Waals surface area contributed by atoms with Crippen LogP contribution in [0.25, 0.3) is 0 Å². The van der Waals surface area contributed by atoms with E-state index in [0.717, 1.165) is 5.56 Å². The first kappa shape index (κ1) is 21.9. The molecule has 154 valence electrons. The maximum atomic E-state index is 12.9. The number of nitrogens with one attached hydrogen (secondary N) is 4. The van der Waals surface area contributed by atoms with Crippen LogP contribution >= 0.6 is 0 Å². The van der Waals surface area contributed by atoms with Crippen LogP contribution in [0.15, 0.2) is 48.5 Å². The predicted octanol–water partition coefficient (Wildman–Crippen LogP) is 2.79. The Labute approximate surface area is 169 Å². The van der Waals surface area contributed by atoms with Crippen LogP contribution < -0.4 is 21.3 Å². The molecular formula is C21H25FN4O3. The molecule has 0 bridgehead atoms. The van der Waals surface area contributed by atoms with Gasteiger partial charge in [0.25, 0.3) is 5.91 Å². The Kier molecular flexibility index (Phi) is 8.14. The highest BCUT2D eigenvalue weighted by molar-refractivity contribution is 5.98.